The van der Waals surface area contributed by atoms with Gasteiger partial charge in [-0.25, -0.2) is 4.98 Å². The molecule has 0 saturated carbocycles. The minimum absolute atomic E-state index is 0.0881. The van der Waals surface area contributed by atoms with Crippen LogP contribution in [-0.2, 0) is 4.79 Å². The number of alkyl halides is 3. The van der Waals surface area contributed by atoms with Gasteiger partial charge >= 0.3 is 6.18 Å². The van der Waals surface area contributed by atoms with Crippen molar-refractivity contribution >= 4 is 17.9 Å². The molecule has 7 nitrogen and oxygen atoms in total. The Kier molecular flexibility index (Phi) is 3.95. The van der Waals surface area contributed by atoms with Crippen molar-refractivity contribution in [1.82, 2.24) is 4.98 Å². The Labute approximate surface area is 138 Å². The summed E-state index contributed by atoms with van der Waals surface area (Å²) in [7, 11) is 0. The fourth-order valence-electron chi connectivity index (χ4n) is 2.35. The summed E-state index contributed by atoms with van der Waals surface area (Å²) in [4.78, 5) is 19.0. The molecule has 0 spiro atoms. The summed E-state index contributed by atoms with van der Waals surface area (Å²) in [6.45, 7) is 0. The third kappa shape index (κ3) is 3.18. The Balaban J connectivity index is 2.16. The molecule has 0 saturated heterocycles. The second-order valence-electron chi connectivity index (χ2n) is 5.04. The average molecular weight is 352 g/mol. The molecule has 1 aromatic heterocycles. The SMILES string of the molecule is NC(N)=NC(=O)C1=Cc2cccc(-c3ncco3)c2OC1C(F)(F)F. The molecule has 0 fully saturated rings. The highest BCUT2D eigenvalue weighted by Crippen LogP contribution is 2.42. The number of hydrogen-bond acceptors (Lipinski definition) is 4. The zero-order valence-electron chi connectivity index (χ0n) is 12.4. The molecule has 25 heavy (non-hydrogen) atoms. The first-order chi connectivity index (χ1) is 11.8. The van der Waals surface area contributed by atoms with Gasteiger partial charge in [0.05, 0.1) is 17.3 Å². The molecule has 130 valence electrons. The van der Waals surface area contributed by atoms with Crippen LogP contribution < -0.4 is 16.2 Å². The highest BCUT2D eigenvalue weighted by Gasteiger charge is 2.48. The highest BCUT2D eigenvalue weighted by atomic mass is 19.4. The Morgan fingerprint density at radius 1 is 1.28 bits per heavy atom. The number of para-hydroxylation sites is 1. The Morgan fingerprint density at radius 2 is 2.04 bits per heavy atom. The molecule has 10 heteroatoms. The number of aromatic nitrogens is 1. The molecule has 0 bridgehead atoms. The van der Waals surface area contributed by atoms with E-state index in [0.717, 1.165) is 6.08 Å². The number of guanidine groups is 1. The second-order valence-corrected chi connectivity index (χ2v) is 5.04. The predicted octanol–water partition coefficient (Wildman–Crippen LogP) is 1.85. The molecule has 1 unspecified atom stereocenters. The number of hydrogen-bond donors (Lipinski definition) is 2. The molecule has 1 aromatic carbocycles. The fraction of sp³-hybridized carbons (Fsp3) is 0.133. The topological polar surface area (TPSA) is 117 Å². The van der Waals surface area contributed by atoms with Crippen molar-refractivity contribution in [3.8, 4) is 17.2 Å². The summed E-state index contributed by atoms with van der Waals surface area (Å²) in [6.07, 6.45) is -3.71. The summed E-state index contributed by atoms with van der Waals surface area (Å²) in [6, 6.07) is 4.54. The lowest BCUT2D eigenvalue weighted by Crippen LogP contribution is -2.40. The van der Waals surface area contributed by atoms with Gasteiger partial charge in [0.2, 0.25) is 12.0 Å². The molecule has 2 aromatic rings. The first-order valence-corrected chi connectivity index (χ1v) is 6.89. The lowest BCUT2D eigenvalue weighted by molar-refractivity contribution is -0.184. The molecular formula is C15H11F3N4O3. The van der Waals surface area contributed by atoms with Gasteiger partial charge in [0.1, 0.15) is 12.0 Å². The van der Waals surface area contributed by atoms with Gasteiger partial charge in [-0.3, -0.25) is 4.79 Å². The van der Waals surface area contributed by atoms with Crippen molar-refractivity contribution in [3.05, 3.63) is 41.8 Å². The normalized spacial score (nSPS) is 16.4. The Morgan fingerprint density at radius 3 is 2.64 bits per heavy atom. The molecule has 1 amide bonds. The summed E-state index contributed by atoms with van der Waals surface area (Å²) in [5, 5.41) is 0. The summed E-state index contributed by atoms with van der Waals surface area (Å²) in [5.74, 6) is -1.89. The quantitative estimate of drug-likeness (QED) is 0.629. The van der Waals surface area contributed by atoms with Gasteiger partial charge in [-0.05, 0) is 12.1 Å². The number of oxazole rings is 1. The largest absolute Gasteiger partial charge is 0.474 e. The van der Waals surface area contributed by atoms with Crippen LogP contribution >= 0.6 is 0 Å². The van der Waals surface area contributed by atoms with Crippen LogP contribution in [0, 0.1) is 0 Å². The molecule has 1 aliphatic rings. The standard InChI is InChI=1S/C15H11F3N4O3/c16-15(17,18)11-9(12(23)22-14(19)20)6-7-2-1-3-8(10(7)25-11)13-21-4-5-24-13/h1-6,11H,(H4,19,20,22,23). The number of fused-ring (bicyclic) bond motifs is 1. The number of carbonyl (C=O) groups excluding carboxylic acids is 1. The number of rotatable bonds is 2. The number of carbonyl (C=O) groups is 1. The van der Waals surface area contributed by atoms with E-state index in [1.165, 1.54) is 24.6 Å². The van der Waals surface area contributed by atoms with Crippen LogP contribution in [0.4, 0.5) is 13.2 Å². The average Bonchev–Trinajstić information content (AvgIpc) is 3.05. The van der Waals surface area contributed by atoms with Gasteiger partial charge in [-0.1, -0.05) is 12.1 Å². The maximum Gasteiger partial charge on any atom is 0.429 e. The van der Waals surface area contributed by atoms with Crippen molar-refractivity contribution in [3.63, 3.8) is 0 Å². The van der Waals surface area contributed by atoms with E-state index in [1.54, 1.807) is 6.07 Å². The zero-order chi connectivity index (χ0) is 18.2. The van der Waals surface area contributed by atoms with Crippen LogP contribution in [0.25, 0.3) is 17.5 Å². The molecule has 2 heterocycles. The third-order valence-corrected chi connectivity index (χ3v) is 3.31. The van der Waals surface area contributed by atoms with Crippen LogP contribution in [0.15, 0.2) is 45.6 Å². The van der Waals surface area contributed by atoms with E-state index in [4.69, 9.17) is 20.6 Å². The molecule has 3 rings (SSSR count). The van der Waals surface area contributed by atoms with Crippen LogP contribution in [0.3, 0.4) is 0 Å². The Bertz CT molecular complexity index is 869. The van der Waals surface area contributed by atoms with Crippen molar-refractivity contribution in [1.29, 1.82) is 0 Å². The first-order valence-electron chi connectivity index (χ1n) is 6.89. The lowest BCUT2D eigenvalue weighted by Gasteiger charge is -2.28. The Hall–Kier alpha value is -3.30. The third-order valence-electron chi connectivity index (χ3n) is 3.31. The van der Waals surface area contributed by atoms with Gasteiger partial charge in [0.15, 0.2) is 5.96 Å². The number of nitrogens with two attached hydrogens (primary N) is 2. The van der Waals surface area contributed by atoms with E-state index in [1.807, 2.05) is 0 Å². The minimum Gasteiger partial charge on any atom is -0.474 e. The van der Waals surface area contributed by atoms with Crippen LogP contribution in [0.2, 0.25) is 0 Å². The monoisotopic (exact) mass is 352 g/mol. The van der Waals surface area contributed by atoms with Gasteiger partial charge in [-0.15, -0.1) is 0 Å². The van der Waals surface area contributed by atoms with Crippen molar-refractivity contribution in [2.24, 2.45) is 16.5 Å². The molecule has 4 N–H and O–H groups in total. The number of benzene rings is 1. The van der Waals surface area contributed by atoms with E-state index in [2.05, 4.69) is 9.98 Å². The van der Waals surface area contributed by atoms with E-state index in [0.29, 0.717) is 0 Å². The van der Waals surface area contributed by atoms with Crippen molar-refractivity contribution in [2.75, 3.05) is 0 Å². The van der Waals surface area contributed by atoms with Crippen LogP contribution in [0.5, 0.6) is 5.75 Å². The van der Waals surface area contributed by atoms with Crippen LogP contribution in [-0.4, -0.2) is 29.1 Å². The molecular weight excluding hydrogens is 341 g/mol. The van der Waals surface area contributed by atoms with Gasteiger partial charge in [-0.2, -0.15) is 18.2 Å². The zero-order valence-corrected chi connectivity index (χ0v) is 12.4. The second kappa shape index (κ2) is 5.96. The fourth-order valence-corrected chi connectivity index (χ4v) is 2.35. The lowest BCUT2D eigenvalue weighted by atomic mass is 9.98. The number of halogens is 3. The van der Waals surface area contributed by atoms with E-state index >= 15 is 0 Å². The summed E-state index contributed by atoms with van der Waals surface area (Å²) < 4.78 is 50.4. The number of nitrogens with zero attached hydrogens (tertiary/aromatic N) is 2. The molecule has 0 radical (unpaired) electrons. The van der Waals surface area contributed by atoms with Gasteiger partial charge < -0.3 is 20.6 Å². The smallest absolute Gasteiger partial charge is 0.429 e. The summed E-state index contributed by atoms with van der Waals surface area (Å²) in [5.41, 5.74) is 9.89. The maximum absolute atomic E-state index is 13.4. The van der Waals surface area contributed by atoms with Crippen molar-refractivity contribution in [2.45, 2.75) is 12.3 Å². The first kappa shape index (κ1) is 16.6. The highest BCUT2D eigenvalue weighted by molar-refractivity contribution is 6.06. The van der Waals surface area contributed by atoms with E-state index in [-0.39, 0.29) is 22.8 Å². The van der Waals surface area contributed by atoms with Crippen molar-refractivity contribution < 1.29 is 27.1 Å². The van der Waals surface area contributed by atoms with Crippen LogP contribution in [0.1, 0.15) is 5.56 Å². The van der Waals surface area contributed by atoms with Gasteiger partial charge in [0.25, 0.3) is 5.91 Å². The maximum atomic E-state index is 13.4. The van der Waals surface area contributed by atoms with E-state index < -0.39 is 29.7 Å². The number of aliphatic imine (C=N–C) groups is 1. The van der Waals surface area contributed by atoms with E-state index in [9.17, 15) is 18.0 Å². The predicted molar refractivity (Wildman–Crippen MR) is 81.2 cm³/mol. The molecule has 1 atom stereocenters. The van der Waals surface area contributed by atoms with Gasteiger partial charge in [0, 0.05) is 5.56 Å². The number of amides is 1. The summed E-state index contributed by atoms with van der Waals surface area (Å²) >= 11 is 0. The molecule has 1 aliphatic heterocycles. The number of ether oxygens (including phenoxy) is 1. The molecule has 0 aliphatic carbocycles. The minimum atomic E-state index is -4.86.